The van der Waals surface area contributed by atoms with E-state index < -0.39 is 9.84 Å². The number of carbonyl (C=O) groups is 1. The van der Waals surface area contributed by atoms with Gasteiger partial charge in [0.05, 0.1) is 30.4 Å². The van der Waals surface area contributed by atoms with Crippen LogP contribution in [0.2, 0.25) is 0 Å². The number of nitrogens with zero attached hydrogens (tertiary/aromatic N) is 2. The summed E-state index contributed by atoms with van der Waals surface area (Å²) in [6.45, 7) is 3.94. The van der Waals surface area contributed by atoms with E-state index in [2.05, 4.69) is 10.4 Å². The van der Waals surface area contributed by atoms with E-state index in [1.54, 1.807) is 17.9 Å². The summed E-state index contributed by atoms with van der Waals surface area (Å²) in [7, 11) is -1.51. The molecule has 0 saturated carbocycles. The molecule has 0 radical (unpaired) electrons. The molecule has 7 nitrogen and oxygen atoms in total. The van der Waals surface area contributed by atoms with Crippen molar-refractivity contribution in [2.45, 2.75) is 26.3 Å². The summed E-state index contributed by atoms with van der Waals surface area (Å²) in [5.74, 6) is 0.532. The van der Waals surface area contributed by atoms with Crippen molar-refractivity contribution in [3.8, 4) is 17.0 Å². The summed E-state index contributed by atoms with van der Waals surface area (Å²) in [5.41, 5.74) is 4.59. The quantitative estimate of drug-likeness (QED) is 0.653. The first-order valence-electron chi connectivity index (χ1n) is 10.1. The van der Waals surface area contributed by atoms with E-state index in [1.165, 1.54) is 0 Å². The van der Waals surface area contributed by atoms with Crippen LogP contribution in [-0.2, 0) is 9.84 Å². The van der Waals surface area contributed by atoms with Crippen LogP contribution in [0.4, 0.5) is 5.69 Å². The van der Waals surface area contributed by atoms with Crippen LogP contribution in [-0.4, -0.2) is 42.7 Å². The largest absolute Gasteiger partial charge is 0.497 e. The smallest absolute Gasteiger partial charge is 0.276 e. The first kappa shape index (κ1) is 21.1. The molecular formula is C23H25N3O4S. The summed E-state index contributed by atoms with van der Waals surface area (Å²) >= 11 is 0. The van der Waals surface area contributed by atoms with Gasteiger partial charge in [0.2, 0.25) is 0 Å². The zero-order chi connectivity index (χ0) is 22.2. The molecule has 1 aliphatic heterocycles. The van der Waals surface area contributed by atoms with E-state index in [1.807, 2.05) is 56.3 Å². The van der Waals surface area contributed by atoms with Gasteiger partial charge in [-0.15, -0.1) is 0 Å². The lowest BCUT2D eigenvalue weighted by Gasteiger charge is -2.13. The predicted octanol–water partition coefficient (Wildman–Crippen LogP) is 3.79. The van der Waals surface area contributed by atoms with Crippen molar-refractivity contribution in [2.24, 2.45) is 0 Å². The molecule has 162 valence electrons. The maximum atomic E-state index is 13.0. The maximum Gasteiger partial charge on any atom is 0.276 e. The lowest BCUT2D eigenvalue weighted by molar-refractivity contribution is 0.102. The van der Waals surface area contributed by atoms with Gasteiger partial charge in [-0.05, 0) is 73.9 Å². The number of amides is 1. The molecule has 1 N–H and O–H groups in total. The minimum absolute atomic E-state index is 0.0238. The number of ether oxygens (including phenoxy) is 1. The Hall–Kier alpha value is -3.13. The number of carbonyl (C=O) groups excluding carboxylic acids is 1. The summed E-state index contributed by atoms with van der Waals surface area (Å²) in [6.07, 6.45) is 0.477. The number of hydrogen-bond donors (Lipinski definition) is 1. The molecule has 8 heteroatoms. The minimum Gasteiger partial charge on any atom is -0.497 e. The van der Waals surface area contributed by atoms with E-state index in [4.69, 9.17) is 4.74 Å². The topological polar surface area (TPSA) is 90.3 Å². The van der Waals surface area contributed by atoms with Crippen LogP contribution in [0, 0.1) is 13.8 Å². The molecule has 4 rings (SSSR count). The molecule has 31 heavy (non-hydrogen) atoms. The van der Waals surface area contributed by atoms with Gasteiger partial charge in [-0.3, -0.25) is 9.48 Å². The Bertz CT molecular complexity index is 1210. The fourth-order valence-electron chi connectivity index (χ4n) is 3.97. The minimum atomic E-state index is -3.10. The van der Waals surface area contributed by atoms with Crippen LogP contribution in [0.25, 0.3) is 11.3 Å². The third-order valence-corrected chi connectivity index (χ3v) is 7.14. The van der Waals surface area contributed by atoms with Gasteiger partial charge in [0.25, 0.3) is 5.91 Å². The number of methoxy groups -OCH3 is 1. The molecule has 2 heterocycles. The van der Waals surface area contributed by atoms with Gasteiger partial charge >= 0.3 is 0 Å². The molecule has 1 saturated heterocycles. The molecule has 1 aromatic heterocycles. The Kier molecular flexibility index (Phi) is 5.58. The monoisotopic (exact) mass is 439 g/mol. The number of benzene rings is 2. The average Bonchev–Trinajstić information content (AvgIpc) is 3.30. The van der Waals surface area contributed by atoms with Gasteiger partial charge in [0, 0.05) is 11.3 Å². The van der Waals surface area contributed by atoms with Crippen molar-refractivity contribution in [1.82, 2.24) is 9.78 Å². The van der Waals surface area contributed by atoms with Crippen LogP contribution < -0.4 is 10.1 Å². The van der Waals surface area contributed by atoms with Crippen LogP contribution in [0.1, 0.15) is 34.1 Å². The van der Waals surface area contributed by atoms with Crippen molar-refractivity contribution >= 4 is 21.4 Å². The molecule has 1 atom stereocenters. The number of anilines is 1. The summed E-state index contributed by atoms with van der Waals surface area (Å²) in [4.78, 5) is 13.0. The van der Waals surface area contributed by atoms with E-state index in [9.17, 15) is 13.2 Å². The number of rotatable bonds is 5. The Balaban J connectivity index is 1.70. The standard InChI is InChI=1S/C23H25N3O4S/c1-15-10-16(2)12-18(11-15)24-23(27)21-13-22(17-4-6-20(30-3)7-5-17)26(25-21)19-8-9-31(28,29)14-19/h4-7,10-13,19H,8-9,14H2,1-3H3,(H,24,27). The number of aromatic nitrogens is 2. The summed E-state index contributed by atoms with van der Waals surface area (Å²) in [5, 5.41) is 7.43. The van der Waals surface area contributed by atoms with Gasteiger partial charge < -0.3 is 10.1 Å². The van der Waals surface area contributed by atoms with E-state index >= 15 is 0 Å². The van der Waals surface area contributed by atoms with Crippen LogP contribution in [0.15, 0.2) is 48.5 Å². The fourth-order valence-corrected chi connectivity index (χ4v) is 5.66. The molecule has 1 unspecified atom stereocenters. The fraction of sp³-hybridized carbons (Fsp3) is 0.304. The predicted molar refractivity (Wildman–Crippen MR) is 120 cm³/mol. The molecule has 1 aliphatic rings. The van der Waals surface area contributed by atoms with E-state index in [0.29, 0.717) is 23.6 Å². The Morgan fingerprint density at radius 1 is 1.10 bits per heavy atom. The Labute approximate surface area is 182 Å². The van der Waals surface area contributed by atoms with Gasteiger partial charge in [0.15, 0.2) is 15.5 Å². The Morgan fingerprint density at radius 2 is 1.77 bits per heavy atom. The second-order valence-electron chi connectivity index (χ2n) is 7.98. The highest BCUT2D eigenvalue weighted by molar-refractivity contribution is 7.91. The molecule has 3 aromatic rings. The van der Waals surface area contributed by atoms with Crippen molar-refractivity contribution < 1.29 is 17.9 Å². The molecule has 0 aliphatic carbocycles. The first-order valence-corrected chi connectivity index (χ1v) is 11.9. The van der Waals surface area contributed by atoms with Gasteiger partial charge in [-0.1, -0.05) is 6.07 Å². The second kappa shape index (κ2) is 8.19. The van der Waals surface area contributed by atoms with Gasteiger partial charge in [-0.2, -0.15) is 5.10 Å². The third kappa shape index (κ3) is 4.64. The SMILES string of the molecule is COc1ccc(-c2cc(C(=O)Nc3cc(C)cc(C)c3)nn2C2CCS(=O)(=O)C2)cc1. The van der Waals surface area contributed by atoms with Crippen molar-refractivity contribution in [1.29, 1.82) is 0 Å². The van der Waals surface area contributed by atoms with Gasteiger partial charge in [-0.25, -0.2) is 8.42 Å². The van der Waals surface area contributed by atoms with Crippen molar-refractivity contribution in [3.63, 3.8) is 0 Å². The van der Waals surface area contributed by atoms with Crippen LogP contribution in [0.3, 0.4) is 0 Å². The highest BCUT2D eigenvalue weighted by Gasteiger charge is 2.32. The maximum absolute atomic E-state index is 13.0. The highest BCUT2D eigenvalue weighted by atomic mass is 32.2. The molecule has 2 aromatic carbocycles. The average molecular weight is 440 g/mol. The summed E-state index contributed by atoms with van der Waals surface area (Å²) < 4.78 is 31.0. The Morgan fingerprint density at radius 3 is 2.35 bits per heavy atom. The van der Waals surface area contributed by atoms with Crippen molar-refractivity contribution in [3.05, 3.63) is 65.4 Å². The molecule has 1 fully saturated rings. The number of hydrogen-bond acceptors (Lipinski definition) is 5. The zero-order valence-electron chi connectivity index (χ0n) is 17.8. The van der Waals surface area contributed by atoms with Crippen molar-refractivity contribution in [2.75, 3.05) is 23.9 Å². The van der Waals surface area contributed by atoms with Crippen LogP contribution in [0.5, 0.6) is 5.75 Å². The lowest BCUT2D eigenvalue weighted by atomic mass is 10.1. The zero-order valence-corrected chi connectivity index (χ0v) is 18.6. The number of nitrogens with one attached hydrogen (secondary N) is 1. The number of aryl methyl sites for hydroxylation is 2. The number of sulfone groups is 1. The molecule has 0 bridgehead atoms. The normalized spacial score (nSPS) is 17.5. The lowest BCUT2D eigenvalue weighted by Crippen LogP contribution is -2.16. The third-order valence-electron chi connectivity index (χ3n) is 5.39. The molecular weight excluding hydrogens is 414 g/mol. The van der Waals surface area contributed by atoms with E-state index in [0.717, 1.165) is 16.7 Å². The van der Waals surface area contributed by atoms with Gasteiger partial charge in [0.1, 0.15) is 5.75 Å². The van der Waals surface area contributed by atoms with E-state index in [-0.39, 0.29) is 29.1 Å². The van der Waals surface area contributed by atoms with Crippen LogP contribution >= 0.6 is 0 Å². The second-order valence-corrected chi connectivity index (χ2v) is 10.2. The molecule has 1 amide bonds. The highest BCUT2D eigenvalue weighted by Crippen LogP contribution is 2.31. The molecule has 0 spiro atoms. The first-order chi connectivity index (χ1) is 14.7. The summed E-state index contributed by atoms with van der Waals surface area (Å²) in [6, 6.07) is 14.6.